The summed E-state index contributed by atoms with van der Waals surface area (Å²) in [5, 5.41) is 22.5. The third-order valence-electron chi connectivity index (χ3n) is 5.70. The van der Waals surface area contributed by atoms with Crippen molar-refractivity contribution in [1.82, 2.24) is 14.5 Å². The Morgan fingerprint density at radius 1 is 1.16 bits per heavy atom. The van der Waals surface area contributed by atoms with Crippen molar-refractivity contribution >= 4 is 34.2 Å². The summed E-state index contributed by atoms with van der Waals surface area (Å²) in [7, 11) is 0. The van der Waals surface area contributed by atoms with Gasteiger partial charge in [-0.25, -0.2) is 9.97 Å². The average Bonchev–Trinajstić information content (AvgIpc) is 3.38. The largest absolute Gasteiger partial charge is 0.392 e. The van der Waals surface area contributed by atoms with E-state index >= 15 is 0 Å². The Labute approximate surface area is 188 Å². The fourth-order valence-electron chi connectivity index (χ4n) is 4.41. The first-order valence-electron chi connectivity index (χ1n) is 9.84. The van der Waals surface area contributed by atoms with Crippen molar-refractivity contribution < 1.29 is 24.4 Å². The van der Waals surface area contributed by atoms with E-state index in [1.807, 2.05) is 24.5 Å². The molecular formula is C21H21Cl2N3O5. The quantitative estimate of drug-likeness (QED) is 0.569. The summed E-state index contributed by atoms with van der Waals surface area (Å²) in [5.41, 5.74) is 1.63. The molecule has 5 rings (SSSR count). The zero-order valence-corrected chi connectivity index (χ0v) is 18.3. The molecule has 1 aromatic carbocycles. The Morgan fingerprint density at radius 3 is 2.71 bits per heavy atom. The lowest BCUT2D eigenvalue weighted by Gasteiger charge is -2.28. The van der Waals surface area contributed by atoms with Crippen LogP contribution in [0.4, 0.5) is 0 Å². The summed E-state index contributed by atoms with van der Waals surface area (Å²) in [6, 6.07) is 6.78. The summed E-state index contributed by atoms with van der Waals surface area (Å²) in [6.45, 7) is 3.37. The number of rotatable bonds is 4. The van der Waals surface area contributed by atoms with E-state index in [1.54, 1.807) is 24.4 Å². The van der Waals surface area contributed by atoms with Crippen molar-refractivity contribution in [3.63, 3.8) is 0 Å². The van der Waals surface area contributed by atoms with Gasteiger partial charge < -0.3 is 29.0 Å². The van der Waals surface area contributed by atoms with E-state index in [9.17, 15) is 10.2 Å². The summed E-state index contributed by atoms with van der Waals surface area (Å²) in [5.74, 6) is -0.856. The van der Waals surface area contributed by atoms with Gasteiger partial charge in [0.25, 0.3) is 0 Å². The molecule has 0 aliphatic carbocycles. The van der Waals surface area contributed by atoms with Gasteiger partial charge in [0.1, 0.15) is 41.5 Å². The van der Waals surface area contributed by atoms with Gasteiger partial charge in [-0.05, 0) is 43.2 Å². The highest BCUT2D eigenvalue weighted by Gasteiger charge is 2.58. The van der Waals surface area contributed by atoms with E-state index in [0.717, 1.165) is 0 Å². The highest BCUT2D eigenvalue weighted by Crippen LogP contribution is 2.47. The zero-order valence-electron chi connectivity index (χ0n) is 16.8. The molecule has 0 bridgehead atoms. The summed E-state index contributed by atoms with van der Waals surface area (Å²) < 4.78 is 20.4. The van der Waals surface area contributed by atoms with Crippen molar-refractivity contribution in [3.8, 4) is 0 Å². The van der Waals surface area contributed by atoms with Crippen LogP contribution < -0.4 is 0 Å². The molecule has 0 radical (unpaired) electrons. The highest BCUT2D eigenvalue weighted by atomic mass is 35.5. The molecule has 0 spiro atoms. The molecule has 164 valence electrons. The normalized spacial score (nSPS) is 28.2. The van der Waals surface area contributed by atoms with E-state index in [1.165, 1.54) is 6.33 Å². The predicted molar refractivity (Wildman–Crippen MR) is 113 cm³/mol. The van der Waals surface area contributed by atoms with Crippen LogP contribution in [0, 0.1) is 0 Å². The molecule has 2 saturated heterocycles. The van der Waals surface area contributed by atoms with Crippen LogP contribution in [0.25, 0.3) is 11.0 Å². The van der Waals surface area contributed by atoms with Crippen molar-refractivity contribution in [3.05, 3.63) is 58.1 Å². The zero-order chi connectivity index (χ0) is 21.9. The molecule has 2 aromatic heterocycles. The number of hydrogen-bond donors (Lipinski definition) is 2. The van der Waals surface area contributed by atoms with Crippen LogP contribution in [-0.2, 0) is 20.8 Å². The number of ether oxygens (including phenoxy) is 3. The van der Waals surface area contributed by atoms with Crippen LogP contribution in [0.15, 0.2) is 36.8 Å². The second-order valence-corrected chi connectivity index (χ2v) is 8.92. The van der Waals surface area contributed by atoms with Crippen LogP contribution >= 0.6 is 23.2 Å². The predicted octanol–water partition coefficient (Wildman–Crippen LogP) is 3.38. The molecule has 0 unspecified atom stereocenters. The van der Waals surface area contributed by atoms with Crippen molar-refractivity contribution in [2.75, 3.05) is 0 Å². The molecule has 0 amide bonds. The molecule has 5 atom stereocenters. The van der Waals surface area contributed by atoms with Crippen LogP contribution in [0.5, 0.6) is 0 Å². The summed E-state index contributed by atoms with van der Waals surface area (Å²) >= 11 is 12.3. The Morgan fingerprint density at radius 2 is 1.94 bits per heavy atom. The van der Waals surface area contributed by atoms with Gasteiger partial charge in [-0.1, -0.05) is 29.3 Å². The lowest BCUT2D eigenvalue weighted by molar-refractivity contribution is -0.207. The maximum atomic E-state index is 11.2. The van der Waals surface area contributed by atoms with Gasteiger partial charge in [-0.3, -0.25) is 0 Å². The molecule has 2 aliphatic heterocycles. The third kappa shape index (κ3) is 3.52. The Balaban J connectivity index is 1.55. The van der Waals surface area contributed by atoms with Crippen molar-refractivity contribution in [1.29, 1.82) is 0 Å². The first kappa shape index (κ1) is 21.1. The number of fused-ring (bicyclic) bond motifs is 2. The second-order valence-electron chi connectivity index (χ2n) is 8.13. The molecule has 31 heavy (non-hydrogen) atoms. The highest BCUT2D eigenvalue weighted by molar-refractivity contribution is 6.33. The number of benzene rings is 1. The van der Waals surface area contributed by atoms with Gasteiger partial charge in [-0.2, -0.15) is 0 Å². The standard InChI is InChI=1S/C21H21Cl2N3O5/c1-21(2)30-16-15(14(28)12-4-3-11(22)7-10(12)8-27)29-20(17(16)31-21)26-6-5-13-18(23)24-9-25-19(13)26/h3-7,9,14-17,20,27-28H,8H2,1-2H3/t14-,15+,16+,17+,20+/m0/s1. The number of hydrogen-bond acceptors (Lipinski definition) is 7. The Bertz CT molecular complexity index is 1140. The van der Waals surface area contributed by atoms with E-state index in [2.05, 4.69) is 9.97 Å². The second kappa shape index (κ2) is 7.67. The first-order valence-corrected chi connectivity index (χ1v) is 10.6. The number of aliphatic hydroxyl groups excluding tert-OH is 2. The third-order valence-corrected chi connectivity index (χ3v) is 6.24. The number of nitrogens with zero attached hydrogens (tertiary/aromatic N) is 3. The van der Waals surface area contributed by atoms with Gasteiger partial charge in [0, 0.05) is 11.2 Å². The minimum atomic E-state index is -1.07. The topological polar surface area (TPSA) is 98.9 Å². The first-order chi connectivity index (χ1) is 14.8. The minimum Gasteiger partial charge on any atom is -0.392 e. The molecule has 3 aromatic rings. The van der Waals surface area contributed by atoms with Crippen LogP contribution in [0.2, 0.25) is 10.2 Å². The smallest absolute Gasteiger partial charge is 0.164 e. The van der Waals surface area contributed by atoms with Gasteiger partial charge in [0.05, 0.1) is 12.0 Å². The molecule has 2 fully saturated rings. The molecule has 0 saturated carbocycles. The molecule has 10 heteroatoms. The molecule has 2 N–H and O–H groups in total. The van der Waals surface area contributed by atoms with Gasteiger partial charge in [-0.15, -0.1) is 0 Å². The molecule has 4 heterocycles. The number of aliphatic hydroxyl groups is 2. The maximum absolute atomic E-state index is 11.2. The lowest BCUT2D eigenvalue weighted by Crippen LogP contribution is -2.34. The Kier molecular flexibility index (Phi) is 5.22. The van der Waals surface area contributed by atoms with Gasteiger partial charge in [0.2, 0.25) is 0 Å². The fourth-order valence-corrected chi connectivity index (χ4v) is 4.79. The molecule has 8 nitrogen and oxygen atoms in total. The fraction of sp³-hybridized carbons (Fsp3) is 0.429. The van der Waals surface area contributed by atoms with Gasteiger partial charge in [0.15, 0.2) is 12.0 Å². The summed E-state index contributed by atoms with van der Waals surface area (Å²) in [4.78, 5) is 8.36. The van der Waals surface area contributed by atoms with E-state index in [0.29, 0.717) is 32.3 Å². The number of halogens is 2. The maximum Gasteiger partial charge on any atom is 0.164 e. The minimum absolute atomic E-state index is 0.266. The van der Waals surface area contributed by atoms with Crippen molar-refractivity contribution in [2.45, 2.75) is 56.9 Å². The van der Waals surface area contributed by atoms with Crippen molar-refractivity contribution in [2.24, 2.45) is 0 Å². The lowest BCUT2D eigenvalue weighted by atomic mass is 9.95. The van der Waals surface area contributed by atoms with E-state index < -0.39 is 36.4 Å². The monoisotopic (exact) mass is 465 g/mol. The average molecular weight is 466 g/mol. The van der Waals surface area contributed by atoms with Crippen LogP contribution in [0.3, 0.4) is 0 Å². The molecule has 2 aliphatic rings. The SMILES string of the molecule is CC1(C)O[C@H]2[C@@H](O1)[C@H](n1ccc3c(Cl)ncnc31)O[C@@H]2[C@@H](O)c1ccc(Cl)cc1CO. The van der Waals surface area contributed by atoms with Crippen LogP contribution in [-0.4, -0.2) is 48.8 Å². The van der Waals surface area contributed by atoms with Gasteiger partial charge >= 0.3 is 0 Å². The van der Waals surface area contributed by atoms with E-state index in [-0.39, 0.29) is 6.61 Å². The van der Waals surface area contributed by atoms with E-state index in [4.69, 9.17) is 37.4 Å². The summed E-state index contributed by atoms with van der Waals surface area (Å²) in [6.07, 6.45) is -0.294. The Hall–Kier alpha value is -1.78. The molecular weight excluding hydrogens is 445 g/mol. The number of aromatic nitrogens is 3. The van der Waals surface area contributed by atoms with Crippen LogP contribution in [0.1, 0.15) is 37.3 Å².